The highest BCUT2D eigenvalue weighted by Gasteiger charge is 2.40. The fourth-order valence-corrected chi connectivity index (χ4v) is 6.19. The minimum absolute atomic E-state index is 0.113. The van der Waals surface area contributed by atoms with Crippen molar-refractivity contribution in [2.24, 2.45) is 0 Å². The van der Waals surface area contributed by atoms with E-state index in [-0.39, 0.29) is 17.7 Å². The van der Waals surface area contributed by atoms with E-state index in [2.05, 4.69) is 25.9 Å². The summed E-state index contributed by atoms with van der Waals surface area (Å²) in [5.41, 5.74) is 4.05. The average Bonchev–Trinajstić information content (AvgIpc) is 3.18. The second kappa shape index (κ2) is 15.2. The minimum atomic E-state index is -0.924. The third kappa shape index (κ3) is 6.92. The molecule has 2 aromatic heterocycles. The molecule has 4 aromatic carbocycles. The summed E-state index contributed by atoms with van der Waals surface area (Å²) in [5, 5.41) is 10.0. The van der Waals surface area contributed by atoms with Gasteiger partial charge in [0.05, 0.1) is 36.6 Å². The number of ether oxygens (including phenoxy) is 2. The molecule has 1 atom stereocenters. The van der Waals surface area contributed by atoms with E-state index in [1.54, 1.807) is 18.3 Å². The van der Waals surface area contributed by atoms with Gasteiger partial charge in [-0.1, -0.05) is 103 Å². The summed E-state index contributed by atoms with van der Waals surface area (Å²) in [6.45, 7) is 0. The van der Waals surface area contributed by atoms with Gasteiger partial charge in [-0.3, -0.25) is 20.1 Å². The molecule has 250 valence electrons. The lowest BCUT2D eigenvalue weighted by Gasteiger charge is -2.39. The first kappa shape index (κ1) is 33.5. The van der Waals surface area contributed by atoms with Crippen LogP contribution >= 0.6 is 0 Å². The Bertz CT molecular complexity index is 2010. The van der Waals surface area contributed by atoms with Gasteiger partial charge >= 0.3 is 18.0 Å². The lowest BCUT2D eigenvalue weighted by molar-refractivity contribution is -0.143. The van der Waals surface area contributed by atoms with Crippen LogP contribution in [0.3, 0.4) is 0 Å². The van der Waals surface area contributed by atoms with Gasteiger partial charge in [0.2, 0.25) is 0 Å². The zero-order chi connectivity index (χ0) is 34.9. The summed E-state index contributed by atoms with van der Waals surface area (Å²) in [5.74, 6) is -1.07. The number of rotatable bonds is 11. The van der Waals surface area contributed by atoms with Crippen LogP contribution in [0.5, 0.6) is 0 Å². The number of hydrogen-bond donors (Lipinski definition) is 3. The normalized spacial score (nSPS) is 11.7. The van der Waals surface area contributed by atoms with Crippen LogP contribution in [-0.4, -0.2) is 48.2 Å². The predicted octanol–water partition coefficient (Wildman–Crippen LogP) is 6.73. The zero-order valence-electron chi connectivity index (χ0n) is 27.5. The molecule has 1 unspecified atom stereocenters. The number of nitrogens with zero attached hydrogens (tertiary/aromatic N) is 2. The Morgan fingerprint density at radius 3 is 1.86 bits per heavy atom. The summed E-state index contributed by atoms with van der Waals surface area (Å²) in [6.07, 6.45) is 4.66. The van der Waals surface area contributed by atoms with Crippen LogP contribution in [0.15, 0.2) is 140 Å². The SMILES string of the molecule is COC(=O)c1cnccc1NC(=O)Nc1ccc(CC(NC(c2ccccc2)(c2ccccc2)c2ccccc2)C(=O)OC)c2cccnc12. The first-order valence-electron chi connectivity index (χ1n) is 15.9. The molecule has 2 amide bonds. The van der Waals surface area contributed by atoms with Gasteiger partial charge in [-0.2, -0.15) is 0 Å². The van der Waals surface area contributed by atoms with Crippen LogP contribution in [0.25, 0.3) is 10.9 Å². The number of fused-ring (bicyclic) bond motifs is 1. The van der Waals surface area contributed by atoms with Crippen LogP contribution in [0, 0.1) is 0 Å². The van der Waals surface area contributed by atoms with Gasteiger partial charge in [-0.05, 0) is 46.9 Å². The quantitative estimate of drug-likeness (QED) is 0.103. The van der Waals surface area contributed by atoms with Crippen LogP contribution in [-0.2, 0) is 26.2 Å². The zero-order valence-corrected chi connectivity index (χ0v) is 27.5. The second-order valence-electron chi connectivity index (χ2n) is 11.4. The maximum atomic E-state index is 13.7. The minimum Gasteiger partial charge on any atom is -0.468 e. The number of pyridine rings is 2. The van der Waals surface area contributed by atoms with E-state index in [9.17, 15) is 14.4 Å². The van der Waals surface area contributed by atoms with Crippen LogP contribution in [0.2, 0.25) is 0 Å². The number of hydrogen-bond acceptors (Lipinski definition) is 8. The fourth-order valence-electron chi connectivity index (χ4n) is 6.19. The molecule has 3 N–H and O–H groups in total. The summed E-state index contributed by atoms with van der Waals surface area (Å²) in [7, 11) is 2.63. The van der Waals surface area contributed by atoms with Crippen molar-refractivity contribution < 1.29 is 23.9 Å². The van der Waals surface area contributed by atoms with Gasteiger partial charge < -0.3 is 20.1 Å². The fraction of sp³-hybridized carbons (Fsp3) is 0.125. The van der Waals surface area contributed by atoms with Crippen molar-refractivity contribution in [2.45, 2.75) is 18.0 Å². The Balaban J connectivity index is 1.37. The molecular formula is C40H35N5O5. The summed E-state index contributed by atoms with van der Waals surface area (Å²) in [6, 6.07) is 37.5. The smallest absolute Gasteiger partial charge is 0.341 e. The van der Waals surface area contributed by atoms with Gasteiger partial charge in [0.25, 0.3) is 0 Å². The Labute approximate surface area is 289 Å². The molecule has 6 rings (SSSR count). The Morgan fingerprint density at radius 1 is 0.680 bits per heavy atom. The third-order valence-corrected chi connectivity index (χ3v) is 8.50. The van der Waals surface area contributed by atoms with Crippen molar-refractivity contribution in [3.05, 3.63) is 168 Å². The Hall–Kier alpha value is -6.39. The van der Waals surface area contributed by atoms with Crippen LogP contribution in [0.1, 0.15) is 32.6 Å². The van der Waals surface area contributed by atoms with E-state index in [1.807, 2.05) is 103 Å². The highest BCUT2D eigenvalue weighted by atomic mass is 16.5. The number of urea groups is 1. The van der Waals surface area contributed by atoms with E-state index in [0.717, 1.165) is 27.6 Å². The van der Waals surface area contributed by atoms with Gasteiger partial charge in [0, 0.05) is 24.0 Å². The molecule has 6 aromatic rings. The van der Waals surface area contributed by atoms with Crippen LogP contribution in [0.4, 0.5) is 16.2 Å². The highest BCUT2D eigenvalue weighted by Crippen LogP contribution is 2.38. The first-order valence-corrected chi connectivity index (χ1v) is 15.9. The Kier molecular flexibility index (Phi) is 10.2. The molecule has 0 fully saturated rings. The number of benzene rings is 4. The van der Waals surface area contributed by atoms with Gasteiger partial charge in [-0.15, -0.1) is 0 Å². The molecule has 50 heavy (non-hydrogen) atoms. The van der Waals surface area contributed by atoms with E-state index in [0.29, 0.717) is 11.2 Å². The number of carbonyl (C=O) groups is 3. The molecule has 2 heterocycles. The molecule has 0 radical (unpaired) electrons. The molecule has 10 heteroatoms. The molecule has 0 aliphatic carbocycles. The van der Waals surface area contributed by atoms with Crippen LogP contribution < -0.4 is 16.0 Å². The summed E-state index contributed by atoms with van der Waals surface area (Å²) in [4.78, 5) is 47.6. The highest BCUT2D eigenvalue weighted by molar-refractivity contribution is 6.08. The maximum absolute atomic E-state index is 13.7. The summed E-state index contributed by atoms with van der Waals surface area (Å²) >= 11 is 0. The average molecular weight is 666 g/mol. The number of anilines is 2. The van der Waals surface area contributed by atoms with E-state index < -0.39 is 29.6 Å². The van der Waals surface area contributed by atoms with Crippen molar-refractivity contribution in [1.82, 2.24) is 15.3 Å². The maximum Gasteiger partial charge on any atom is 0.341 e. The van der Waals surface area contributed by atoms with E-state index >= 15 is 0 Å². The molecule has 0 aliphatic heterocycles. The van der Waals surface area contributed by atoms with Gasteiger partial charge in [0.15, 0.2) is 0 Å². The lowest BCUT2D eigenvalue weighted by atomic mass is 9.76. The van der Waals surface area contributed by atoms with Gasteiger partial charge in [-0.25, -0.2) is 9.59 Å². The number of aromatic nitrogens is 2. The summed E-state index contributed by atoms with van der Waals surface area (Å²) < 4.78 is 10.2. The lowest BCUT2D eigenvalue weighted by Crippen LogP contribution is -2.53. The number of esters is 2. The molecule has 0 bridgehead atoms. The third-order valence-electron chi connectivity index (χ3n) is 8.50. The number of amides is 2. The second-order valence-corrected chi connectivity index (χ2v) is 11.4. The van der Waals surface area contributed by atoms with Crippen molar-refractivity contribution in [3.63, 3.8) is 0 Å². The molecular weight excluding hydrogens is 630 g/mol. The molecule has 10 nitrogen and oxygen atoms in total. The molecule has 0 aliphatic rings. The van der Waals surface area contributed by atoms with Crippen molar-refractivity contribution in [1.29, 1.82) is 0 Å². The van der Waals surface area contributed by atoms with Gasteiger partial charge in [0.1, 0.15) is 11.6 Å². The van der Waals surface area contributed by atoms with Crippen molar-refractivity contribution >= 4 is 40.2 Å². The van der Waals surface area contributed by atoms with E-state index in [1.165, 1.54) is 32.7 Å². The van der Waals surface area contributed by atoms with Crippen molar-refractivity contribution in [2.75, 3.05) is 24.9 Å². The molecule has 0 saturated carbocycles. The largest absolute Gasteiger partial charge is 0.468 e. The predicted molar refractivity (Wildman–Crippen MR) is 192 cm³/mol. The first-order chi connectivity index (χ1) is 24.4. The topological polar surface area (TPSA) is 132 Å². The van der Waals surface area contributed by atoms with Crippen molar-refractivity contribution in [3.8, 4) is 0 Å². The Morgan fingerprint density at radius 2 is 1.28 bits per heavy atom. The van der Waals surface area contributed by atoms with E-state index in [4.69, 9.17) is 9.47 Å². The number of methoxy groups -OCH3 is 2. The number of nitrogens with one attached hydrogen (secondary N) is 3. The number of carbonyl (C=O) groups excluding carboxylic acids is 3. The molecule has 0 saturated heterocycles. The standard InChI is InChI=1S/C40H35N5O5/c1-49-37(46)32-26-41-24-22-33(32)43-39(48)44-34-21-20-27(31-19-12-23-42-36(31)34)25-35(38(47)50-2)45-40(28-13-6-3-7-14-28,29-15-8-4-9-16-29)30-17-10-5-11-18-30/h3-24,26,35,45H,25H2,1-2H3,(H2,41,43,44,48). The monoisotopic (exact) mass is 665 g/mol. The molecule has 0 spiro atoms.